The molecule has 1 atom stereocenters. The Morgan fingerprint density at radius 3 is 2.29 bits per heavy atom. The van der Waals surface area contributed by atoms with Crippen LogP contribution in [0.5, 0.6) is 0 Å². The highest BCUT2D eigenvalue weighted by Gasteiger charge is 2.33. The highest BCUT2D eigenvalue weighted by atomic mass is 19.1. The van der Waals surface area contributed by atoms with E-state index in [9.17, 15) is 8.78 Å². The van der Waals surface area contributed by atoms with Gasteiger partial charge in [0.15, 0.2) is 0 Å². The quantitative estimate of drug-likeness (QED) is 0.873. The highest BCUT2D eigenvalue weighted by molar-refractivity contribution is 5.25. The number of rotatable bonds is 4. The van der Waals surface area contributed by atoms with Crippen molar-refractivity contribution in [1.29, 1.82) is 0 Å². The van der Waals surface area contributed by atoms with Gasteiger partial charge in [0.2, 0.25) is 0 Å². The normalized spacial score (nSPS) is 14.1. The van der Waals surface area contributed by atoms with E-state index in [2.05, 4.69) is 5.32 Å². The lowest BCUT2D eigenvalue weighted by Gasteiger charge is -2.39. The number of nitrogens with one attached hydrogen (secondary N) is 1. The molecule has 1 unspecified atom stereocenters. The second-order valence-electron chi connectivity index (χ2n) is 5.00. The lowest BCUT2D eigenvalue weighted by atomic mass is 9.87. The van der Waals surface area contributed by atoms with Crippen LogP contribution in [0.2, 0.25) is 0 Å². The minimum Gasteiger partial charge on any atom is -0.313 e. The first-order valence-electron chi connectivity index (χ1n) is 5.60. The molecule has 0 aliphatic carbocycles. The molecule has 2 nitrogen and oxygen atoms in total. The van der Waals surface area contributed by atoms with Gasteiger partial charge in [0.25, 0.3) is 0 Å². The van der Waals surface area contributed by atoms with E-state index >= 15 is 0 Å². The predicted octanol–water partition coefficient (Wildman–Crippen LogP) is 2.57. The van der Waals surface area contributed by atoms with Gasteiger partial charge in [-0.25, -0.2) is 8.78 Å². The first kappa shape index (κ1) is 14.1. The molecular weight excluding hydrogens is 222 g/mol. The lowest BCUT2D eigenvalue weighted by molar-refractivity contribution is 0.173. The molecule has 1 N–H and O–H groups in total. The van der Waals surface area contributed by atoms with Crippen molar-refractivity contribution in [2.75, 3.05) is 21.1 Å². The van der Waals surface area contributed by atoms with Gasteiger partial charge in [-0.15, -0.1) is 0 Å². The van der Waals surface area contributed by atoms with E-state index in [1.165, 1.54) is 12.1 Å². The monoisotopic (exact) mass is 242 g/mol. The molecule has 0 bridgehead atoms. The van der Waals surface area contributed by atoms with Crippen molar-refractivity contribution in [2.24, 2.45) is 0 Å². The summed E-state index contributed by atoms with van der Waals surface area (Å²) in [4.78, 5) is 1.88. The maximum Gasteiger partial charge on any atom is 0.128 e. The molecule has 0 heterocycles. The van der Waals surface area contributed by atoms with Gasteiger partial charge in [-0.05, 0) is 53.2 Å². The molecule has 0 radical (unpaired) electrons. The van der Waals surface area contributed by atoms with Crippen molar-refractivity contribution in [3.05, 3.63) is 35.4 Å². The van der Waals surface area contributed by atoms with Crippen molar-refractivity contribution in [3.8, 4) is 0 Å². The summed E-state index contributed by atoms with van der Waals surface area (Å²) in [5, 5.41) is 3.14. The Kier molecular flexibility index (Phi) is 4.22. The van der Waals surface area contributed by atoms with Crippen molar-refractivity contribution >= 4 is 0 Å². The zero-order valence-corrected chi connectivity index (χ0v) is 11.0. The molecule has 0 aliphatic heterocycles. The summed E-state index contributed by atoms with van der Waals surface area (Å²) in [6.07, 6.45) is 0. The topological polar surface area (TPSA) is 15.3 Å². The molecule has 1 rings (SSSR count). The molecule has 0 aromatic heterocycles. The Balaban J connectivity index is 3.28. The van der Waals surface area contributed by atoms with E-state index in [1.807, 2.05) is 39.9 Å². The Morgan fingerprint density at radius 1 is 1.24 bits per heavy atom. The van der Waals surface area contributed by atoms with Crippen LogP contribution in [0.1, 0.15) is 25.5 Å². The summed E-state index contributed by atoms with van der Waals surface area (Å²) in [7, 11) is 5.52. The molecule has 0 fully saturated rings. The molecule has 96 valence electrons. The standard InChI is InChI=1S/C13H20F2N2/c1-13(2,16-3)12(17(4)5)10-8-9(14)6-7-11(10)15/h6-8,12,16H,1-5H3. The fourth-order valence-electron chi connectivity index (χ4n) is 2.17. The number of nitrogens with zero attached hydrogens (tertiary/aromatic N) is 1. The molecular formula is C13H20F2N2. The smallest absolute Gasteiger partial charge is 0.128 e. The second kappa shape index (κ2) is 5.10. The van der Waals surface area contributed by atoms with Gasteiger partial charge in [-0.1, -0.05) is 0 Å². The van der Waals surface area contributed by atoms with Crippen LogP contribution >= 0.6 is 0 Å². The molecule has 0 aliphatic rings. The average Bonchev–Trinajstić information content (AvgIpc) is 2.22. The van der Waals surface area contributed by atoms with Crippen LogP contribution in [0.25, 0.3) is 0 Å². The van der Waals surface area contributed by atoms with E-state index in [-0.39, 0.29) is 17.4 Å². The average molecular weight is 242 g/mol. The van der Waals surface area contributed by atoms with Gasteiger partial charge in [0.1, 0.15) is 11.6 Å². The van der Waals surface area contributed by atoms with Gasteiger partial charge >= 0.3 is 0 Å². The summed E-state index contributed by atoms with van der Waals surface area (Å²) < 4.78 is 27.1. The number of hydrogen-bond acceptors (Lipinski definition) is 2. The third-order valence-corrected chi connectivity index (χ3v) is 3.10. The van der Waals surface area contributed by atoms with Crippen LogP contribution in [-0.2, 0) is 0 Å². The predicted molar refractivity (Wildman–Crippen MR) is 65.9 cm³/mol. The van der Waals surface area contributed by atoms with Gasteiger partial charge in [-0.2, -0.15) is 0 Å². The van der Waals surface area contributed by atoms with E-state index in [0.29, 0.717) is 5.56 Å². The second-order valence-corrected chi connectivity index (χ2v) is 5.00. The van der Waals surface area contributed by atoms with Gasteiger partial charge in [0.05, 0.1) is 6.04 Å². The van der Waals surface area contributed by atoms with Crippen LogP contribution in [0.3, 0.4) is 0 Å². The molecule has 17 heavy (non-hydrogen) atoms. The molecule has 4 heteroatoms. The zero-order chi connectivity index (χ0) is 13.2. The minimum atomic E-state index is -0.417. The summed E-state index contributed by atoms with van der Waals surface area (Å²) in [6, 6.07) is 3.33. The SMILES string of the molecule is CNC(C)(C)C(c1cc(F)ccc1F)N(C)C. The first-order chi connectivity index (χ1) is 7.79. The lowest BCUT2D eigenvalue weighted by Crippen LogP contribution is -2.48. The fraction of sp³-hybridized carbons (Fsp3) is 0.538. The van der Waals surface area contributed by atoms with Crippen LogP contribution in [0.15, 0.2) is 18.2 Å². The molecule has 1 aromatic carbocycles. The Hall–Kier alpha value is -1.00. The Bertz CT molecular complexity index is 389. The number of halogens is 2. The summed E-state index contributed by atoms with van der Waals surface area (Å²) in [5.41, 5.74) is 0.00681. The van der Waals surface area contributed by atoms with Crippen LogP contribution in [0.4, 0.5) is 8.78 Å². The van der Waals surface area contributed by atoms with E-state index < -0.39 is 5.82 Å². The van der Waals surface area contributed by atoms with Crippen LogP contribution in [0, 0.1) is 11.6 Å². The van der Waals surface area contributed by atoms with Crippen molar-refractivity contribution in [1.82, 2.24) is 10.2 Å². The van der Waals surface area contributed by atoms with Gasteiger partial charge in [0, 0.05) is 11.1 Å². The van der Waals surface area contributed by atoms with Crippen LogP contribution < -0.4 is 5.32 Å². The Morgan fingerprint density at radius 2 is 1.82 bits per heavy atom. The summed E-state index contributed by atoms with van der Waals surface area (Å²) in [6.45, 7) is 3.92. The molecule has 1 aromatic rings. The number of benzene rings is 1. The number of likely N-dealkylation sites (N-methyl/N-ethyl adjacent to an activating group) is 2. The third-order valence-electron chi connectivity index (χ3n) is 3.10. The van der Waals surface area contributed by atoms with E-state index in [1.54, 1.807) is 0 Å². The molecule has 0 saturated heterocycles. The molecule has 0 saturated carbocycles. The molecule has 0 spiro atoms. The molecule has 0 amide bonds. The van der Waals surface area contributed by atoms with Gasteiger partial charge < -0.3 is 10.2 Å². The fourth-order valence-corrected chi connectivity index (χ4v) is 2.17. The minimum absolute atomic E-state index is 0.247. The summed E-state index contributed by atoms with van der Waals surface area (Å²) >= 11 is 0. The Labute approximate surface area is 102 Å². The van der Waals surface area contributed by atoms with E-state index in [4.69, 9.17) is 0 Å². The van der Waals surface area contributed by atoms with Gasteiger partial charge in [-0.3, -0.25) is 0 Å². The van der Waals surface area contributed by atoms with Crippen molar-refractivity contribution in [3.63, 3.8) is 0 Å². The first-order valence-corrected chi connectivity index (χ1v) is 5.60. The van der Waals surface area contributed by atoms with E-state index in [0.717, 1.165) is 6.07 Å². The number of hydrogen-bond donors (Lipinski definition) is 1. The third kappa shape index (κ3) is 3.01. The maximum atomic E-state index is 13.8. The van der Waals surface area contributed by atoms with Crippen molar-refractivity contribution in [2.45, 2.75) is 25.4 Å². The maximum absolute atomic E-state index is 13.8. The van der Waals surface area contributed by atoms with Crippen molar-refractivity contribution < 1.29 is 8.78 Å². The zero-order valence-electron chi connectivity index (χ0n) is 11.0. The highest BCUT2D eigenvalue weighted by Crippen LogP contribution is 2.31. The summed E-state index contributed by atoms with van der Waals surface area (Å²) in [5.74, 6) is -0.798. The van der Waals surface area contributed by atoms with Crippen LogP contribution in [-0.4, -0.2) is 31.6 Å². The largest absolute Gasteiger partial charge is 0.313 e.